The number of para-hydroxylation sites is 1. The van der Waals surface area contributed by atoms with Gasteiger partial charge in [0.15, 0.2) is 13.2 Å². The summed E-state index contributed by atoms with van der Waals surface area (Å²) in [5.41, 5.74) is 2.02. The standard InChI is InChI=1S/C25H23FN2O5/c26-20-7-2-3-8-21(20)28(13-5-12-27)24(29)15-32-25(30)16-31-17-10-11-23-19(14-17)18-6-1-4-9-22(18)33-23/h2-3,7-8,10-11,14H,1,4-6,9,13,15-16H2. The number of carbonyl (C=O) groups is 2. The normalized spacial score (nSPS) is 12.6. The van der Waals surface area contributed by atoms with E-state index in [1.807, 2.05) is 18.2 Å². The molecular weight excluding hydrogens is 427 g/mol. The third-order valence-corrected chi connectivity index (χ3v) is 5.53. The molecule has 33 heavy (non-hydrogen) atoms. The highest BCUT2D eigenvalue weighted by molar-refractivity contribution is 5.95. The van der Waals surface area contributed by atoms with Crippen molar-refractivity contribution in [1.82, 2.24) is 0 Å². The zero-order valence-electron chi connectivity index (χ0n) is 18.0. The van der Waals surface area contributed by atoms with Crippen LogP contribution in [0.3, 0.4) is 0 Å². The Morgan fingerprint density at radius 1 is 1.12 bits per heavy atom. The van der Waals surface area contributed by atoms with Crippen molar-refractivity contribution in [3.63, 3.8) is 0 Å². The molecule has 7 nitrogen and oxygen atoms in total. The Balaban J connectivity index is 1.34. The van der Waals surface area contributed by atoms with Gasteiger partial charge in [-0.1, -0.05) is 12.1 Å². The van der Waals surface area contributed by atoms with Crippen LogP contribution in [-0.4, -0.2) is 31.6 Å². The molecule has 0 atom stereocenters. The zero-order chi connectivity index (χ0) is 23.2. The molecule has 1 amide bonds. The number of ether oxygens (including phenoxy) is 2. The number of aryl methyl sites for hydroxylation is 2. The van der Waals surface area contributed by atoms with Crippen molar-refractivity contribution in [2.75, 3.05) is 24.7 Å². The molecule has 3 aromatic rings. The van der Waals surface area contributed by atoms with Crippen molar-refractivity contribution in [1.29, 1.82) is 5.26 Å². The molecule has 0 radical (unpaired) electrons. The van der Waals surface area contributed by atoms with E-state index in [4.69, 9.17) is 19.2 Å². The molecule has 1 heterocycles. The molecule has 0 fully saturated rings. The molecule has 0 bridgehead atoms. The highest BCUT2D eigenvalue weighted by Gasteiger charge is 2.21. The summed E-state index contributed by atoms with van der Waals surface area (Å²) in [5, 5.41) is 9.83. The van der Waals surface area contributed by atoms with Crippen LogP contribution >= 0.6 is 0 Å². The molecule has 0 unspecified atom stereocenters. The van der Waals surface area contributed by atoms with E-state index in [0.717, 1.165) is 47.3 Å². The number of esters is 1. The van der Waals surface area contributed by atoms with Crippen molar-refractivity contribution in [3.05, 3.63) is 59.6 Å². The minimum Gasteiger partial charge on any atom is -0.482 e. The number of fused-ring (bicyclic) bond motifs is 3. The van der Waals surface area contributed by atoms with E-state index < -0.39 is 24.3 Å². The minimum atomic E-state index is -0.730. The largest absolute Gasteiger partial charge is 0.482 e. The summed E-state index contributed by atoms with van der Waals surface area (Å²) in [7, 11) is 0. The first-order valence-electron chi connectivity index (χ1n) is 10.8. The number of hydrogen-bond acceptors (Lipinski definition) is 6. The number of benzene rings is 2. The molecule has 0 aliphatic heterocycles. The number of nitriles is 1. The first-order valence-corrected chi connectivity index (χ1v) is 10.8. The van der Waals surface area contributed by atoms with Gasteiger partial charge in [-0.15, -0.1) is 0 Å². The van der Waals surface area contributed by atoms with E-state index in [1.54, 1.807) is 12.1 Å². The Labute approximate surface area is 190 Å². The highest BCUT2D eigenvalue weighted by Crippen LogP contribution is 2.33. The summed E-state index contributed by atoms with van der Waals surface area (Å²) >= 11 is 0. The third-order valence-electron chi connectivity index (χ3n) is 5.53. The van der Waals surface area contributed by atoms with E-state index in [0.29, 0.717) is 5.75 Å². The van der Waals surface area contributed by atoms with E-state index in [2.05, 4.69) is 0 Å². The van der Waals surface area contributed by atoms with Gasteiger partial charge in [-0.05, 0) is 49.6 Å². The lowest BCUT2D eigenvalue weighted by atomic mass is 9.96. The average molecular weight is 450 g/mol. The van der Waals surface area contributed by atoms with Crippen LogP contribution in [0.15, 0.2) is 46.9 Å². The molecule has 1 aliphatic rings. The monoisotopic (exact) mass is 450 g/mol. The van der Waals surface area contributed by atoms with Crippen molar-refractivity contribution in [3.8, 4) is 11.8 Å². The number of hydrogen-bond donors (Lipinski definition) is 0. The topological polar surface area (TPSA) is 92.8 Å². The van der Waals surface area contributed by atoms with Crippen LogP contribution in [0.1, 0.15) is 30.6 Å². The van der Waals surface area contributed by atoms with E-state index in [1.165, 1.54) is 23.8 Å². The smallest absolute Gasteiger partial charge is 0.344 e. The fourth-order valence-electron chi connectivity index (χ4n) is 3.95. The number of halogens is 1. The van der Waals surface area contributed by atoms with E-state index in [9.17, 15) is 14.0 Å². The number of rotatable bonds is 8. The fraction of sp³-hybridized carbons (Fsp3) is 0.320. The average Bonchev–Trinajstić information content (AvgIpc) is 3.20. The van der Waals surface area contributed by atoms with Crippen LogP contribution in [0, 0.1) is 17.1 Å². The van der Waals surface area contributed by atoms with Crippen molar-refractivity contribution in [2.24, 2.45) is 0 Å². The molecule has 0 spiro atoms. The summed E-state index contributed by atoms with van der Waals surface area (Å²) in [4.78, 5) is 25.8. The summed E-state index contributed by atoms with van der Waals surface area (Å²) in [6, 6.07) is 13.0. The van der Waals surface area contributed by atoms with Gasteiger partial charge in [-0.3, -0.25) is 4.79 Å². The molecule has 0 saturated heterocycles. The summed E-state index contributed by atoms with van der Waals surface area (Å²) in [5.74, 6) is -0.444. The van der Waals surface area contributed by atoms with Crippen molar-refractivity contribution >= 4 is 28.5 Å². The van der Waals surface area contributed by atoms with Gasteiger partial charge >= 0.3 is 5.97 Å². The van der Waals surface area contributed by atoms with Crippen LogP contribution in [-0.2, 0) is 27.2 Å². The maximum absolute atomic E-state index is 14.1. The summed E-state index contributed by atoms with van der Waals surface area (Å²) in [6.07, 6.45) is 4.13. The molecule has 0 N–H and O–H groups in total. The maximum atomic E-state index is 14.1. The number of nitrogens with zero attached hydrogens (tertiary/aromatic N) is 2. The highest BCUT2D eigenvalue weighted by atomic mass is 19.1. The molecule has 4 rings (SSSR count). The first-order chi connectivity index (χ1) is 16.1. The molecule has 0 saturated carbocycles. The SMILES string of the molecule is N#CCCN(C(=O)COC(=O)COc1ccc2oc3c(c2c1)CCCC3)c1ccccc1F. The Morgan fingerprint density at radius 2 is 1.94 bits per heavy atom. The van der Waals surface area contributed by atoms with Gasteiger partial charge in [0.25, 0.3) is 5.91 Å². The number of anilines is 1. The van der Waals surface area contributed by atoms with Crippen molar-refractivity contribution in [2.45, 2.75) is 32.1 Å². The van der Waals surface area contributed by atoms with Gasteiger partial charge < -0.3 is 18.8 Å². The summed E-state index contributed by atoms with van der Waals surface area (Å²) < 4.78 is 30.6. The zero-order valence-corrected chi connectivity index (χ0v) is 18.0. The van der Waals surface area contributed by atoms with Gasteiger partial charge in [-0.25, -0.2) is 9.18 Å². The van der Waals surface area contributed by atoms with Gasteiger partial charge in [0.05, 0.1) is 18.2 Å². The number of amides is 1. The third kappa shape index (κ3) is 5.14. The second-order valence-electron chi connectivity index (χ2n) is 7.72. The van der Waals surface area contributed by atoms with Crippen LogP contribution < -0.4 is 9.64 Å². The summed E-state index contributed by atoms with van der Waals surface area (Å²) in [6.45, 7) is -0.980. The second-order valence-corrected chi connectivity index (χ2v) is 7.72. The molecule has 170 valence electrons. The Kier molecular flexibility index (Phi) is 6.89. The molecule has 8 heteroatoms. The van der Waals surface area contributed by atoms with Crippen LogP contribution in [0.2, 0.25) is 0 Å². The van der Waals surface area contributed by atoms with E-state index >= 15 is 0 Å². The second kappa shape index (κ2) is 10.2. The van der Waals surface area contributed by atoms with Gasteiger partial charge in [0, 0.05) is 23.9 Å². The predicted molar refractivity (Wildman–Crippen MR) is 118 cm³/mol. The number of carbonyl (C=O) groups excluding carboxylic acids is 2. The van der Waals surface area contributed by atoms with Gasteiger partial charge in [-0.2, -0.15) is 5.26 Å². The van der Waals surface area contributed by atoms with Crippen molar-refractivity contribution < 1.29 is 27.9 Å². The Morgan fingerprint density at radius 3 is 2.76 bits per heavy atom. The minimum absolute atomic E-state index is 0.0112. The lowest BCUT2D eigenvalue weighted by Crippen LogP contribution is -2.36. The molecule has 1 aromatic heterocycles. The van der Waals surface area contributed by atoms with Crippen LogP contribution in [0.25, 0.3) is 11.0 Å². The Hall–Kier alpha value is -3.86. The predicted octanol–water partition coefficient (Wildman–Crippen LogP) is 4.32. The quantitative estimate of drug-likeness (QED) is 0.475. The van der Waals surface area contributed by atoms with Crippen LogP contribution in [0.4, 0.5) is 10.1 Å². The Bertz CT molecular complexity index is 1210. The molecule has 2 aromatic carbocycles. The van der Waals surface area contributed by atoms with Crippen LogP contribution in [0.5, 0.6) is 5.75 Å². The first kappa shape index (κ1) is 22.3. The maximum Gasteiger partial charge on any atom is 0.344 e. The lowest BCUT2D eigenvalue weighted by Gasteiger charge is -2.22. The fourth-order valence-corrected chi connectivity index (χ4v) is 3.95. The molecular formula is C25H23FN2O5. The van der Waals surface area contributed by atoms with Gasteiger partial charge in [0.2, 0.25) is 0 Å². The van der Waals surface area contributed by atoms with E-state index in [-0.39, 0.29) is 25.3 Å². The molecule has 1 aliphatic carbocycles. The lowest BCUT2D eigenvalue weighted by molar-refractivity contribution is -0.149. The number of furan rings is 1. The van der Waals surface area contributed by atoms with Gasteiger partial charge in [0.1, 0.15) is 22.9 Å².